The van der Waals surface area contributed by atoms with E-state index < -0.39 is 0 Å². The number of para-hydroxylation sites is 1. The molecule has 0 radical (unpaired) electrons. The highest BCUT2D eigenvalue weighted by molar-refractivity contribution is 5.59. The Kier molecular flexibility index (Phi) is 4.97. The van der Waals surface area contributed by atoms with Crippen LogP contribution in [0.4, 0.5) is 5.69 Å². The van der Waals surface area contributed by atoms with Gasteiger partial charge in [0.2, 0.25) is 0 Å². The zero-order chi connectivity index (χ0) is 15.4. The molecule has 0 amide bonds. The monoisotopic (exact) mass is 298 g/mol. The van der Waals surface area contributed by atoms with Gasteiger partial charge in [0.25, 0.3) is 0 Å². The van der Waals surface area contributed by atoms with Crippen molar-refractivity contribution in [2.75, 3.05) is 57.8 Å². The molecular formula is C18H26N4. The molecule has 0 bridgehead atoms. The molecule has 2 aliphatic rings. The van der Waals surface area contributed by atoms with Gasteiger partial charge in [-0.15, -0.1) is 0 Å². The van der Waals surface area contributed by atoms with Crippen molar-refractivity contribution in [2.45, 2.75) is 12.8 Å². The predicted octanol–water partition coefficient (Wildman–Crippen LogP) is 2.02. The topological polar surface area (TPSA) is 33.5 Å². The number of rotatable bonds is 3. The molecule has 0 spiro atoms. The van der Waals surface area contributed by atoms with Crippen LogP contribution in [0.1, 0.15) is 18.4 Å². The third-order valence-corrected chi connectivity index (χ3v) is 4.98. The first-order valence-corrected chi connectivity index (χ1v) is 8.41. The lowest BCUT2D eigenvalue weighted by Crippen LogP contribution is -2.49. The van der Waals surface area contributed by atoms with E-state index in [1.807, 2.05) is 18.2 Å². The van der Waals surface area contributed by atoms with E-state index >= 15 is 0 Å². The van der Waals surface area contributed by atoms with Crippen molar-refractivity contribution in [2.24, 2.45) is 5.92 Å². The van der Waals surface area contributed by atoms with Crippen molar-refractivity contribution in [1.29, 1.82) is 5.26 Å². The molecule has 2 fully saturated rings. The fourth-order valence-corrected chi connectivity index (χ4v) is 3.80. The van der Waals surface area contributed by atoms with E-state index in [1.165, 1.54) is 32.5 Å². The molecule has 2 aliphatic heterocycles. The summed E-state index contributed by atoms with van der Waals surface area (Å²) in [6.07, 6.45) is 2.72. The molecule has 1 atom stereocenters. The van der Waals surface area contributed by atoms with E-state index in [0.717, 1.165) is 43.3 Å². The second-order valence-electron chi connectivity index (χ2n) is 6.69. The molecule has 4 nitrogen and oxygen atoms in total. The molecule has 0 N–H and O–H groups in total. The van der Waals surface area contributed by atoms with Crippen LogP contribution in [0.5, 0.6) is 0 Å². The Labute approximate surface area is 133 Å². The molecule has 0 aliphatic carbocycles. The second kappa shape index (κ2) is 7.13. The first-order valence-electron chi connectivity index (χ1n) is 8.41. The molecule has 3 rings (SSSR count). The lowest BCUT2D eigenvalue weighted by atomic mass is 9.97. The SMILES string of the molecule is CN1CCC[C@H](CN2CCN(c3ccccc3C#N)CC2)C1. The Morgan fingerprint density at radius 3 is 2.64 bits per heavy atom. The number of hydrogen-bond acceptors (Lipinski definition) is 4. The highest BCUT2D eigenvalue weighted by atomic mass is 15.3. The lowest BCUT2D eigenvalue weighted by Gasteiger charge is -2.39. The fourth-order valence-electron chi connectivity index (χ4n) is 3.80. The number of benzene rings is 1. The van der Waals surface area contributed by atoms with Crippen molar-refractivity contribution >= 4 is 5.69 Å². The Morgan fingerprint density at radius 1 is 1.14 bits per heavy atom. The fraction of sp³-hybridized carbons (Fsp3) is 0.611. The molecule has 0 unspecified atom stereocenters. The van der Waals surface area contributed by atoms with Crippen LogP contribution >= 0.6 is 0 Å². The number of likely N-dealkylation sites (tertiary alicyclic amines) is 1. The van der Waals surface area contributed by atoms with Crippen molar-refractivity contribution in [3.63, 3.8) is 0 Å². The quantitative estimate of drug-likeness (QED) is 0.855. The van der Waals surface area contributed by atoms with Crippen LogP contribution in [0.15, 0.2) is 24.3 Å². The smallest absolute Gasteiger partial charge is 0.101 e. The van der Waals surface area contributed by atoms with Gasteiger partial charge in [-0.25, -0.2) is 0 Å². The van der Waals surface area contributed by atoms with Gasteiger partial charge in [0.1, 0.15) is 6.07 Å². The van der Waals surface area contributed by atoms with Crippen LogP contribution in [0.2, 0.25) is 0 Å². The summed E-state index contributed by atoms with van der Waals surface area (Å²) in [5, 5.41) is 9.25. The lowest BCUT2D eigenvalue weighted by molar-refractivity contribution is 0.147. The molecule has 22 heavy (non-hydrogen) atoms. The molecule has 2 saturated heterocycles. The molecule has 118 valence electrons. The van der Waals surface area contributed by atoms with Crippen LogP contribution < -0.4 is 4.90 Å². The summed E-state index contributed by atoms with van der Waals surface area (Å²) in [7, 11) is 2.24. The van der Waals surface area contributed by atoms with Gasteiger partial charge in [0, 0.05) is 39.3 Å². The van der Waals surface area contributed by atoms with Crippen molar-refractivity contribution in [1.82, 2.24) is 9.80 Å². The molecule has 0 saturated carbocycles. The summed E-state index contributed by atoms with van der Waals surface area (Å²) < 4.78 is 0. The number of hydrogen-bond donors (Lipinski definition) is 0. The van der Waals surface area contributed by atoms with Crippen molar-refractivity contribution < 1.29 is 0 Å². The Balaban J connectivity index is 1.53. The minimum atomic E-state index is 0.796. The van der Waals surface area contributed by atoms with Gasteiger partial charge in [-0.2, -0.15) is 5.26 Å². The van der Waals surface area contributed by atoms with Gasteiger partial charge in [0.15, 0.2) is 0 Å². The van der Waals surface area contributed by atoms with Crippen molar-refractivity contribution in [3.05, 3.63) is 29.8 Å². The number of anilines is 1. The molecule has 1 aromatic carbocycles. The summed E-state index contributed by atoms with van der Waals surface area (Å²) in [6, 6.07) is 10.3. The first-order chi connectivity index (χ1) is 10.8. The van der Waals surface area contributed by atoms with E-state index in [0.29, 0.717) is 0 Å². The predicted molar refractivity (Wildman–Crippen MR) is 90.0 cm³/mol. The van der Waals surface area contributed by atoms with Gasteiger partial charge in [-0.3, -0.25) is 4.90 Å². The molecule has 0 aromatic heterocycles. The number of piperazine rings is 1. The van der Waals surface area contributed by atoms with Gasteiger partial charge >= 0.3 is 0 Å². The minimum absolute atomic E-state index is 0.796. The highest BCUT2D eigenvalue weighted by Crippen LogP contribution is 2.22. The van der Waals surface area contributed by atoms with E-state index in [-0.39, 0.29) is 0 Å². The molecule has 2 heterocycles. The standard InChI is InChI=1S/C18H26N4/c1-20-8-4-5-16(14-20)15-21-9-11-22(12-10-21)18-7-3-2-6-17(18)13-19/h2-3,6-7,16H,4-5,8-12,14-15H2,1H3/t16-/m0/s1. The zero-order valence-electron chi connectivity index (χ0n) is 13.5. The summed E-state index contributed by atoms with van der Waals surface area (Å²) in [5.41, 5.74) is 1.90. The summed E-state index contributed by atoms with van der Waals surface area (Å²) >= 11 is 0. The van der Waals surface area contributed by atoms with E-state index in [1.54, 1.807) is 0 Å². The second-order valence-corrected chi connectivity index (χ2v) is 6.69. The Morgan fingerprint density at radius 2 is 1.91 bits per heavy atom. The molecular weight excluding hydrogens is 272 g/mol. The highest BCUT2D eigenvalue weighted by Gasteiger charge is 2.23. The largest absolute Gasteiger partial charge is 0.368 e. The average molecular weight is 298 g/mol. The summed E-state index contributed by atoms with van der Waals surface area (Å²) in [6.45, 7) is 8.02. The maximum atomic E-state index is 9.25. The Hall–Kier alpha value is -1.57. The zero-order valence-corrected chi connectivity index (χ0v) is 13.5. The van der Waals surface area contributed by atoms with Crippen molar-refractivity contribution in [3.8, 4) is 6.07 Å². The number of piperidine rings is 1. The number of nitrogens with zero attached hydrogens (tertiary/aromatic N) is 4. The normalized spacial score (nSPS) is 24.2. The molecule has 1 aromatic rings. The van der Waals surface area contributed by atoms with Gasteiger partial charge < -0.3 is 9.80 Å². The van der Waals surface area contributed by atoms with Gasteiger partial charge in [0.05, 0.1) is 11.3 Å². The van der Waals surface area contributed by atoms with E-state index in [2.05, 4.69) is 33.9 Å². The third kappa shape index (κ3) is 3.60. The van der Waals surface area contributed by atoms with Gasteiger partial charge in [-0.05, 0) is 44.5 Å². The van der Waals surface area contributed by atoms with Crippen LogP contribution in [0.3, 0.4) is 0 Å². The summed E-state index contributed by atoms with van der Waals surface area (Å²) in [5.74, 6) is 0.830. The maximum Gasteiger partial charge on any atom is 0.101 e. The van der Waals surface area contributed by atoms with Crippen LogP contribution in [0.25, 0.3) is 0 Å². The molecule has 4 heteroatoms. The van der Waals surface area contributed by atoms with E-state index in [9.17, 15) is 5.26 Å². The van der Waals surface area contributed by atoms with Crippen LogP contribution in [0, 0.1) is 17.2 Å². The number of nitriles is 1. The third-order valence-electron chi connectivity index (χ3n) is 4.98. The Bertz CT molecular complexity index is 528. The van der Waals surface area contributed by atoms with Crippen LogP contribution in [-0.4, -0.2) is 62.7 Å². The van der Waals surface area contributed by atoms with E-state index in [4.69, 9.17) is 0 Å². The first kappa shape index (κ1) is 15.3. The summed E-state index contributed by atoms with van der Waals surface area (Å²) in [4.78, 5) is 7.44. The van der Waals surface area contributed by atoms with Gasteiger partial charge in [-0.1, -0.05) is 12.1 Å². The minimum Gasteiger partial charge on any atom is -0.368 e. The maximum absolute atomic E-state index is 9.25. The van der Waals surface area contributed by atoms with Crippen LogP contribution in [-0.2, 0) is 0 Å². The average Bonchev–Trinajstić information content (AvgIpc) is 2.56.